The summed E-state index contributed by atoms with van der Waals surface area (Å²) in [6.07, 6.45) is 0. The highest BCUT2D eigenvalue weighted by molar-refractivity contribution is 5.99. The van der Waals surface area contributed by atoms with Crippen molar-refractivity contribution >= 4 is 11.8 Å². The van der Waals surface area contributed by atoms with E-state index < -0.39 is 6.04 Å². The summed E-state index contributed by atoms with van der Waals surface area (Å²) in [6, 6.07) is 6.41. The summed E-state index contributed by atoms with van der Waals surface area (Å²) in [7, 11) is 1.52. The number of amides is 2. The summed E-state index contributed by atoms with van der Waals surface area (Å²) >= 11 is 0. The van der Waals surface area contributed by atoms with E-state index in [1.807, 2.05) is 13.8 Å². The number of nitrogens with zero attached hydrogens (tertiary/aromatic N) is 1. The Hall–Kier alpha value is -2.12. The molecule has 1 aliphatic heterocycles. The van der Waals surface area contributed by atoms with Gasteiger partial charge in [0, 0.05) is 39.3 Å². The molecule has 0 aromatic heterocycles. The number of ether oxygens (including phenoxy) is 1. The van der Waals surface area contributed by atoms with Crippen molar-refractivity contribution in [2.24, 2.45) is 5.92 Å². The maximum atomic E-state index is 12.6. The van der Waals surface area contributed by atoms with E-state index in [9.17, 15) is 9.59 Å². The Morgan fingerprint density at radius 1 is 1.23 bits per heavy atom. The molecule has 0 radical (unpaired) electrons. The number of hydrogen-bond acceptors (Lipinski definition) is 5. The maximum absolute atomic E-state index is 12.6. The number of benzene rings is 1. The smallest absolute Gasteiger partial charge is 0.255 e. The lowest BCUT2D eigenvalue weighted by Gasteiger charge is -2.28. The van der Waals surface area contributed by atoms with Crippen LogP contribution in [0.3, 0.4) is 0 Å². The van der Waals surface area contributed by atoms with Crippen LogP contribution in [0.25, 0.3) is 0 Å². The van der Waals surface area contributed by atoms with Crippen molar-refractivity contribution in [2.75, 3.05) is 46.4 Å². The van der Waals surface area contributed by atoms with E-state index >= 15 is 0 Å². The molecule has 2 amide bonds. The Bertz CT molecular complexity index is 600. The minimum atomic E-state index is -0.588. The molecule has 7 nitrogen and oxygen atoms in total. The Labute approximate surface area is 155 Å². The molecule has 1 atom stereocenters. The molecule has 1 fully saturated rings. The van der Waals surface area contributed by atoms with Gasteiger partial charge in [-0.25, -0.2) is 0 Å². The highest BCUT2D eigenvalue weighted by Crippen LogP contribution is 2.17. The number of rotatable bonds is 8. The van der Waals surface area contributed by atoms with E-state index in [2.05, 4.69) is 20.9 Å². The van der Waals surface area contributed by atoms with Crippen LogP contribution in [0.4, 0.5) is 0 Å². The molecule has 26 heavy (non-hydrogen) atoms. The van der Waals surface area contributed by atoms with E-state index in [0.29, 0.717) is 17.9 Å². The number of para-hydroxylation sites is 1. The van der Waals surface area contributed by atoms with Crippen LogP contribution in [-0.2, 0) is 4.79 Å². The third-order valence-corrected chi connectivity index (χ3v) is 4.52. The van der Waals surface area contributed by atoms with E-state index in [4.69, 9.17) is 4.74 Å². The second-order valence-electron chi connectivity index (χ2n) is 6.78. The number of carbonyl (C=O) groups is 2. The van der Waals surface area contributed by atoms with E-state index in [0.717, 1.165) is 32.7 Å². The molecule has 144 valence electrons. The molecule has 0 saturated carbocycles. The van der Waals surface area contributed by atoms with Gasteiger partial charge >= 0.3 is 0 Å². The second kappa shape index (κ2) is 10.1. The molecule has 0 aliphatic carbocycles. The average Bonchev–Trinajstić information content (AvgIpc) is 2.66. The summed E-state index contributed by atoms with van der Waals surface area (Å²) in [4.78, 5) is 27.5. The van der Waals surface area contributed by atoms with Crippen molar-refractivity contribution in [1.82, 2.24) is 20.9 Å². The number of hydrogen-bond donors (Lipinski definition) is 3. The first-order valence-corrected chi connectivity index (χ1v) is 9.17. The summed E-state index contributed by atoms with van der Waals surface area (Å²) < 4.78 is 5.23. The summed E-state index contributed by atoms with van der Waals surface area (Å²) in [5.41, 5.74) is 0.425. The van der Waals surface area contributed by atoms with Gasteiger partial charge in [-0.2, -0.15) is 0 Å². The van der Waals surface area contributed by atoms with Gasteiger partial charge in [0.2, 0.25) is 5.91 Å². The van der Waals surface area contributed by atoms with Crippen molar-refractivity contribution < 1.29 is 14.3 Å². The molecule has 1 saturated heterocycles. The molecule has 1 heterocycles. The van der Waals surface area contributed by atoms with Gasteiger partial charge in [0.25, 0.3) is 5.91 Å². The quantitative estimate of drug-likeness (QED) is 0.626. The first-order chi connectivity index (χ1) is 12.5. The van der Waals surface area contributed by atoms with Gasteiger partial charge in [0.1, 0.15) is 11.8 Å². The van der Waals surface area contributed by atoms with Crippen LogP contribution in [0.2, 0.25) is 0 Å². The van der Waals surface area contributed by atoms with Crippen LogP contribution in [-0.4, -0.2) is 69.1 Å². The number of carbonyl (C=O) groups excluding carboxylic acids is 2. The topological polar surface area (TPSA) is 82.7 Å². The number of piperazine rings is 1. The molecule has 2 rings (SSSR count). The van der Waals surface area contributed by atoms with Gasteiger partial charge < -0.3 is 20.7 Å². The van der Waals surface area contributed by atoms with Crippen molar-refractivity contribution in [3.8, 4) is 5.75 Å². The second-order valence-corrected chi connectivity index (χ2v) is 6.78. The third kappa shape index (κ3) is 5.71. The van der Waals surface area contributed by atoms with Crippen molar-refractivity contribution in [2.45, 2.75) is 19.9 Å². The van der Waals surface area contributed by atoms with Crippen LogP contribution in [0.5, 0.6) is 5.75 Å². The molecule has 0 spiro atoms. The lowest BCUT2D eigenvalue weighted by atomic mass is 10.0. The zero-order valence-corrected chi connectivity index (χ0v) is 15.9. The van der Waals surface area contributed by atoms with Crippen molar-refractivity contribution in [3.05, 3.63) is 29.8 Å². The van der Waals surface area contributed by atoms with Crippen LogP contribution in [0.15, 0.2) is 24.3 Å². The largest absolute Gasteiger partial charge is 0.496 e. The van der Waals surface area contributed by atoms with Gasteiger partial charge in [0.05, 0.1) is 12.7 Å². The van der Waals surface area contributed by atoms with Gasteiger partial charge in [0.15, 0.2) is 0 Å². The zero-order chi connectivity index (χ0) is 18.9. The normalized spacial score (nSPS) is 16.2. The maximum Gasteiger partial charge on any atom is 0.255 e. The van der Waals surface area contributed by atoms with Gasteiger partial charge in [-0.1, -0.05) is 26.0 Å². The fraction of sp³-hybridized carbons (Fsp3) is 0.579. The highest BCUT2D eigenvalue weighted by Gasteiger charge is 2.25. The number of methoxy groups -OCH3 is 1. The number of nitrogens with one attached hydrogen (secondary N) is 3. The molecule has 1 aromatic carbocycles. The van der Waals surface area contributed by atoms with Crippen molar-refractivity contribution in [1.29, 1.82) is 0 Å². The molecule has 0 bridgehead atoms. The highest BCUT2D eigenvalue weighted by atomic mass is 16.5. The lowest BCUT2D eigenvalue weighted by Crippen LogP contribution is -2.52. The Morgan fingerprint density at radius 3 is 2.58 bits per heavy atom. The first-order valence-electron chi connectivity index (χ1n) is 9.17. The van der Waals surface area contributed by atoms with E-state index in [1.54, 1.807) is 24.3 Å². The first kappa shape index (κ1) is 20.2. The molecule has 1 unspecified atom stereocenters. The summed E-state index contributed by atoms with van der Waals surface area (Å²) in [5.74, 6) is 0.0104. The Kier molecular flexibility index (Phi) is 7.87. The minimum Gasteiger partial charge on any atom is -0.496 e. The summed E-state index contributed by atoms with van der Waals surface area (Å²) in [5, 5.41) is 9.10. The lowest BCUT2D eigenvalue weighted by molar-refractivity contribution is -0.124. The van der Waals surface area contributed by atoms with Gasteiger partial charge in [-0.05, 0) is 18.1 Å². The minimum absolute atomic E-state index is 0.0205. The predicted octanol–water partition coefficient (Wildman–Crippen LogP) is 0.471. The van der Waals surface area contributed by atoms with E-state index in [-0.39, 0.29) is 17.7 Å². The van der Waals surface area contributed by atoms with Crippen LogP contribution >= 0.6 is 0 Å². The SMILES string of the molecule is COc1ccccc1C(=O)NC(C(=O)NCCN1CCNCC1)C(C)C. The molecular formula is C19H30N4O3. The standard InChI is InChI=1S/C19H30N4O3/c1-14(2)17(19(25)21-10-13-23-11-8-20-9-12-23)22-18(24)15-6-4-5-7-16(15)26-3/h4-7,14,17,20H,8-13H2,1-3H3,(H,21,25)(H,22,24). The van der Waals surface area contributed by atoms with Crippen molar-refractivity contribution in [3.63, 3.8) is 0 Å². The Morgan fingerprint density at radius 2 is 1.92 bits per heavy atom. The molecule has 7 heteroatoms. The van der Waals surface area contributed by atoms with Crippen LogP contribution < -0.4 is 20.7 Å². The van der Waals surface area contributed by atoms with Crippen LogP contribution in [0, 0.1) is 5.92 Å². The van der Waals surface area contributed by atoms with E-state index in [1.165, 1.54) is 7.11 Å². The molecular weight excluding hydrogens is 332 g/mol. The van der Waals surface area contributed by atoms with Gasteiger partial charge in [-0.3, -0.25) is 14.5 Å². The monoisotopic (exact) mass is 362 g/mol. The predicted molar refractivity (Wildman–Crippen MR) is 101 cm³/mol. The fourth-order valence-electron chi connectivity index (χ4n) is 2.97. The third-order valence-electron chi connectivity index (χ3n) is 4.52. The fourth-order valence-corrected chi connectivity index (χ4v) is 2.97. The average molecular weight is 362 g/mol. The summed E-state index contributed by atoms with van der Waals surface area (Å²) in [6.45, 7) is 9.19. The zero-order valence-electron chi connectivity index (χ0n) is 15.9. The van der Waals surface area contributed by atoms with Crippen LogP contribution in [0.1, 0.15) is 24.2 Å². The Balaban J connectivity index is 1.90. The molecule has 3 N–H and O–H groups in total. The van der Waals surface area contributed by atoms with Gasteiger partial charge in [-0.15, -0.1) is 0 Å². The molecule has 1 aliphatic rings. The molecule has 1 aromatic rings.